The zero-order valence-electron chi connectivity index (χ0n) is 12.3. The van der Waals surface area contributed by atoms with Gasteiger partial charge < -0.3 is 10.2 Å². The molecule has 0 unspecified atom stereocenters. The summed E-state index contributed by atoms with van der Waals surface area (Å²) in [6.45, 7) is 5.19. The minimum atomic E-state index is 0.968. The molecule has 0 saturated carbocycles. The van der Waals surface area contributed by atoms with Gasteiger partial charge in [0, 0.05) is 37.7 Å². The number of nitrogens with zero attached hydrogens (tertiary/aromatic N) is 2. The summed E-state index contributed by atoms with van der Waals surface area (Å²) >= 11 is 0. The number of anilines is 1. The lowest BCUT2D eigenvalue weighted by molar-refractivity contribution is 0.351. The zero-order valence-corrected chi connectivity index (χ0v) is 12.3. The molecule has 3 nitrogen and oxygen atoms in total. The predicted molar refractivity (Wildman–Crippen MR) is 85.1 cm³/mol. The Bertz CT molecular complexity index is 493. The number of aromatic nitrogens is 1. The van der Waals surface area contributed by atoms with Gasteiger partial charge in [-0.25, -0.2) is 0 Å². The Balaban J connectivity index is 1.65. The third kappa shape index (κ3) is 5.02. The molecule has 0 atom stereocenters. The number of hydrogen-bond acceptors (Lipinski definition) is 3. The number of nitrogens with one attached hydrogen (secondary N) is 1. The second-order valence-corrected chi connectivity index (χ2v) is 5.20. The van der Waals surface area contributed by atoms with Gasteiger partial charge in [-0.3, -0.25) is 4.98 Å². The zero-order chi connectivity index (χ0) is 14.2. The Morgan fingerprint density at radius 2 is 1.70 bits per heavy atom. The second kappa shape index (κ2) is 7.65. The molecule has 1 N–H and O–H groups in total. The van der Waals surface area contributed by atoms with Crippen LogP contribution in [0.1, 0.15) is 11.1 Å². The molecule has 2 rings (SSSR count). The highest BCUT2D eigenvalue weighted by atomic mass is 15.1. The van der Waals surface area contributed by atoms with E-state index in [0.29, 0.717) is 0 Å². The Labute approximate surface area is 121 Å². The topological polar surface area (TPSA) is 28.2 Å². The van der Waals surface area contributed by atoms with Crippen LogP contribution in [-0.4, -0.2) is 36.6 Å². The molecule has 0 fully saturated rings. The van der Waals surface area contributed by atoms with Crippen LogP contribution < -0.4 is 5.32 Å². The normalized spacial score (nSPS) is 10.8. The standard InChI is InChI=1S/C17H23N3/c1-15-3-5-17(6-4-15)19-12-14-20(2)13-9-16-7-10-18-11-8-16/h3-8,10-11,19H,9,12-14H2,1-2H3. The molecule has 0 radical (unpaired) electrons. The number of aryl methyl sites for hydroxylation is 1. The lowest BCUT2D eigenvalue weighted by Crippen LogP contribution is -2.27. The smallest absolute Gasteiger partial charge is 0.0340 e. The van der Waals surface area contributed by atoms with Crippen molar-refractivity contribution >= 4 is 5.69 Å². The molecule has 0 aliphatic rings. The van der Waals surface area contributed by atoms with Crippen molar-refractivity contribution in [3.05, 3.63) is 59.9 Å². The third-order valence-corrected chi connectivity index (χ3v) is 3.41. The van der Waals surface area contributed by atoms with Crippen molar-refractivity contribution in [3.8, 4) is 0 Å². The molecule has 1 aromatic carbocycles. The van der Waals surface area contributed by atoms with Gasteiger partial charge in [0.05, 0.1) is 0 Å². The second-order valence-electron chi connectivity index (χ2n) is 5.20. The molecule has 0 bridgehead atoms. The SMILES string of the molecule is Cc1ccc(NCCN(C)CCc2ccncc2)cc1. The van der Waals surface area contributed by atoms with Crippen LogP contribution in [0.5, 0.6) is 0 Å². The van der Waals surface area contributed by atoms with Gasteiger partial charge in [-0.05, 0) is 50.2 Å². The van der Waals surface area contributed by atoms with Crippen LogP contribution in [0, 0.1) is 6.92 Å². The van der Waals surface area contributed by atoms with Crippen LogP contribution in [-0.2, 0) is 6.42 Å². The molecule has 20 heavy (non-hydrogen) atoms. The van der Waals surface area contributed by atoms with E-state index in [2.05, 4.69) is 65.6 Å². The summed E-state index contributed by atoms with van der Waals surface area (Å²) < 4.78 is 0. The van der Waals surface area contributed by atoms with E-state index >= 15 is 0 Å². The Morgan fingerprint density at radius 1 is 1.00 bits per heavy atom. The van der Waals surface area contributed by atoms with E-state index in [9.17, 15) is 0 Å². The number of hydrogen-bond donors (Lipinski definition) is 1. The first-order valence-electron chi connectivity index (χ1n) is 7.12. The Morgan fingerprint density at radius 3 is 2.40 bits per heavy atom. The van der Waals surface area contributed by atoms with Gasteiger partial charge in [0.15, 0.2) is 0 Å². The average Bonchev–Trinajstić information content (AvgIpc) is 2.48. The van der Waals surface area contributed by atoms with Crippen molar-refractivity contribution in [1.82, 2.24) is 9.88 Å². The van der Waals surface area contributed by atoms with Gasteiger partial charge in [-0.2, -0.15) is 0 Å². The van der Waals surface area contributed by atoms with Gasteiger partial charge in [0.25, 0.3) is 0 Å². The number of rotatable bonds is 7. The first-order chi connectivity index (χ1) is 9.74. The molecule has 0 saturated heterocycles. The molecule has 0 aliphatic heterocycles. The molecule has 2 aromatic rings. The predicted octanol–water partition coefficient (Wildman–Crippen LogP) is 2.98. The minimum Gasteiger partial charge on any atom is -0.384 e. The van der Waals surface area contributed by atoms with E-state index in [0.717, 1.165) is 26.1 Å². The van der Waals surface area contributed by atoms with E-state index in [-0.39, 0.29) is 0 Å². The highest BCUT2D eigenvalue weighted by Crippen LogP contribution is 2.07. The summed E-state index contributed by atoms with van der Waals surface area (Å²) in [6.07, 6.45) is 4.78. The minimum absolute atomic E-state index is 0.968. The maximum atomic E-state index is 4.04. The summed E-state index contributed by atoms with van der Waals surface area (Å²) in [5.74, 6) is 0. The summed E-state index contributed by atoms with van der Waals surface area (Å²) in [4.78, 5) is 6.39. The van der Waals surface area contributed by atoms with Crippen LogP contribution in [0.4, 0.5) is 5.69 Å². The number of benzene rings is 1. The molecule has 0 amide bonds. The van der Waals surface area contributed by atoms with Crippen molar-refractivity contribution in [3.63, 3.8) is 0 Å². The van der Waals surface area contributed by atoms with Crippen molar-refractivity contribution in [2.45, 2.75) is 13.3 Å². The van der Waals surface area contributed by atoms with Gasteiger partial charge in [0.1, 0.15) is 0 Å². The van der Waals surface area contributed by atoms with Crippen LogP contribution in [0.2, 0.25) is 0 Å². The summed E-state index contributed by atoms with van der Waals surface area (Å²) in [6, 6.07) is 12.7. The lowest BCUT2D eigenvalue weighted by Gasteiger charge is -2.17. The van der Waals surface area contributed by atoms with Crippen molar-refractivity contribution < 1.29 is 0 Å². The molecule has 1 heterocycles. The van der Waals surface area contributed by atoms with E-state index in [1.807, 2.05) is 12.4 Å². The van der Waals surface area contributed by atoms with Gasteiger partial charge in [0.2, 0.25) is 0 Å². The molecule has 1 aromatic heterocycles. The fraction of sp³-hybridized carbons (Fsp3) is 0.353. The molecular formula is C17H23N3. The van der Waals surface area contributed by atoms with E-state index < -0.39 is 0 Å². The first-order valence-corrected chi connectivity index (χ1v) is 7.12. The maximum absolute atomic E-state index is 4.04. The van der Waals surface area contributed by atoms with Crippen LogP contribution >= 0.6 is 0 Å². The third-order valence-electron chi connectivity index (χ3n) is 3.41. The monoisotopic (exact) mass is 269 g/mol. The molecule has 3 heteroatoms. The van der Waals surface area contributed by atoms with Crippen LogP contribution in [0.25, 0.3) is 0 Å². The highest BCUT2D eigenvalue weighted by molar-refractivity contribution is 5.44. The first kappa shape index (κ1) is 14.5. The summed E-state index contributed by atoms with van der Waals surface area (Å²) in [5, 5.41) is 3.45. The Hall–Kier alpha value is -1.87. The van der Waals surface area contributed by atoms with Gasteiger partial charge in [-0.15, -0.1) is 0 Å². The van der Waals surface area contributed by atoms with Crippen molar-refractivity contribution in [2.24, 2.45) is 0 Å². The highest BCUT2D eigenvalue weighted by Gasteiger charge is 1.99. The van der Waals surface area contributed by atoms with Crippen molar-refractivity contribution in [2.75, 3.05) is 32.0 Å². The molecule has 0 aliphatic carbocycles. The number of pyridine rings is 1. The average molecular weight is 269 g/mol. The van der Waals surface area contributed by atoms with E-state index in [1.54, 1.807) is 0 Å². The maximum Gasteiger partial charge on any atom is 0.0340 e. The van der Waals surface area contributed by atoms with Gasteiger partial charge >= 0.3 is 0 Å². The van der Waals surface area contributed by atoms with Crippen molar-refractivity contribution in [1.29, 1.82) is 0 Å². The molecule has 0 spiro atoms. The lowest BCUT2D eigenvalue weighted by atomic mass is 10.2. The molecular weight excluding hydrogens is 246 g/mol. The fourth-order valence-corrected chi connectivity index (χ4v) is 2.04. The van der Waals surface area contributed by atoms with Gasteiger partial charge in [-0.1, -0.05) is 17.7 Å². The van der Waals surface area contributed by atoms with E-state index in [4.69, 9.17) is 0 Å². The fourth-order valence-electron chi connectivity index (χ4n) is 2.04. The molecule has 106 valence electrons. The quantitative estimate of drug-likeness (QED) is 0.837. The van der Waals surface area contributed by atoms with Crippen LogP contribution in [0.15, 0.2) is 48.8 Å². The van der Waals surface area contributed by atoms with E-state index in [1.165, 1.54) is 16.8 Å². The largest absolute Gasteiger partial charge is 0.384 e. The van der Waals surface area contributed by atoms with Crippen LogP contribution in [0.3, 0.4) is 0 Å². The summed E-state index contributed by atoms with van der Waals surface area (Å²) in [5.41, 5.74) is 3.83. The summed E-state index contributed by atoms with van der Waals surface area (Å²) in [7, 11) is 2.16. The Kier molecular flexibility index (Phi) is 5.56. The number of likely N-dealkylation sites (N-methyl/N-ethyl adjacent to an activating group) is 1.